The number of aromatic nitrogens is 1. The molecule has 2 rings (SSSR count). The van der Waals surface area contributed by atoms with Crippen LogP contribution in [0.2, 0.25) is 0 Å². The normalized spacial score (nSPS) is 12.0. The molecule has 0 radical (unpaired) electrons. The molecule has 1 heterocycles. The molecule has 1 atom stereocenters. The Morgan fingerprint density at radius 3 is 2.95 bits per heavy atom. The fourth-order valence-corrected chi connectivity index (χ4v) is 2.62. The first-order valence-corrected chi connectivity index (χ1v) is 7.41. The lowest BCUT2D eigenvalue weighted by Gasteiger charge is -2.13. The molecule has 4 nitrogen and oxygen atoms in total. The molecule has 0 aliphatic heterocycles. The number of esters is 1. The van der Waals surface area contributed by atoms with Crippen LogP contribution in [0.15, 0.2) is 23.6 Å². The molecule has 0 saturated heterocycles. The van der Waals surface area contributed by atoms with E-state index in [1.54, 1.807) is 13.0 Å². The molecule has 0 saturated carbocycles. The molecule has 0 spiro atoms. The Morgan fingerprint density at radius 2 is 2.29 bits per heavy atom. The van der Waals surface area contributed by atoms with Crippen LogP contribution in [0.1, 0.15) is 29.8 Å². The summed E-state index contributed by atoms with van der Waals surface area (Å²) in [6.07, 6.45) is 0.155. The highest BCUT2D eigenvalue weighted by Gasteiger charge is 2.11. The van der Waals surface area contributed by atoms with Gasteiger partial charge in [0.05, 0.1) is 25.3 Å². The van der Waals surface area contributed by atoms with Crippen molar-refractivity contribution in [3.63, 3.8) is 0 Å². The van der Waals surface area contributed by atoms with Crippen molar-refractivity contribution in [2.24, 2.45) is 0 Å². The number of nitrogens with zero attached hydrogens (tertiary/aromatic N) is 1. The van der Waals surface area contributed by atoms with E-state index in [-0.39, 0.29) is 24.2 Å². The van der Waals surface area contributed by atoms with E-state index in [1.165, 1.54) is 24.5 Å². The van der Waals surface area contributed by atoms with Crippen LogP contribution in [0.4, 0.5) is 9.52 Å². The molecule has 21 heavy (non-hydrogen) atoms. The van der Waals surface area contributed by atoms with E-state index >= 15 is 0 Å². The number of nitrogens with one attached hydrogen (secondary N) is 1. The van der Waals surface area contributed by atoms with Crippen molar-refractivity contribution in [3.05, 3.63) is 46.2 Å². The van der Waals surface area contributed by atoms with Gasteiger partial charge in [-0.15, -0.1) is 11.3 Å². The SMILES string of the molecule is COC(=O)Cc1csc(NC(C)c2ccc(C)c(F)c2)n1. The lowest BCUT2D eigenvalue weighted by molar-refractivity contribution is -0.139. The van der Waals surface area contributed by atoms with Crippen molar-refractivity contribution < 1.29 is 13.9 Å². The predicted octanol–water partition coefficient (Wildman–Crippen LogP) is 3.48. The second-order valence-electron chi connectivity index (χ2n) is 4.77. The Balaban J connectivity index is 2.03. The van der Waals surface area contributed by atoms with Gasteiger partial charge in [0.2, 0.25) is 0 Å². The number of ether oxygens (including phenoxy) is 1. The molecular formula is C15H17FN2O2S. The van der Waals surface area contributed by atoms with Crippen LogP contribution in [-0.4, -0.2) is 18.1 Å². The van der Waals surface area contributed by atoms with E-state index in [0.717, 1.165) is 5.56 Å². The fraction of sp³-hybridized carbons (Fsp3) is 0.333. The van der Waals surface area contributed by atoms with Crippen molar-refractivity contribution in [2.45, 2.75) is 26.3 Å². The summed E-state index contributed by atoms with van der Waals surface area (Å²) in [6.45, 7) is 3.67. The molecule has 2 aromatic rings. The summed E-state index contributed by atoms with van der Waals surface area (Å²) in [7, 11) is 1.35. The number of carbonyl (C=O) groups is 1. The largest absolute Gasteiger partial charge is 0.469 e. The Bertz CT molecular complexity index is 642. The minimum atomic E-state index is -0.319. The van der Waals surface area contributed by atoms with Gasteiger partial charge in [0.25, 0.3) is 0 Å². The molecule has 0 fully saturated rings. The van der Waals surface area contributed by atoms with Crippen LogP contribution in [-0.2, 0) is 16.0 Å². The number of methoxy groups -OCH3 is 1. The number of benzene rings is 1. The molecule has 1 unspecified atom stereocenters. The third-order valence-corrected chi connectivity index (χ3v) is 3.96. The average Bonchev–Trinajstić information content (AvgIpc) is 2.88. The molecular weight excluding hydrogens is 291 g/mol. The molecule has 112 valence electrons. The number of hydrogen-bond donors (Lipinski definition) is 1. The zero-order valence-electron chi connectivity index (χ0n) is 12.1. The van der Waals surface area contributed by atoms with E-state index in [4.69, 9.17) is 0 Å². The van der Waals surface area contributed by atoms with Crippen LogP contribution < -0.4 is 5.32 Å². The van der Waals surface area contributed by atoms with Crippen LogP contribution >= 0.6 is 11.3 Å². The molecule has 1 N–H and O–H groups in total. The molecule has 1 aromatic heterocycles. The lowest BCUT2D eigenvalue weighted by atomic mass is 10.1. The average molecular weight is 308 g/mol. The van der Waals surface area contributed by atoms with Gasteiger partial charge in [0, 0.05) is 5.38 Å². The second-order valence-corrected chi connectivity index (χ2v) is 5.63. The monoisotopic (exact) mass is 308 g/mol. The fourth-order valence-electron chi connectivity index (χ4n) is 1.82. The van der Waals surface area contributed by atoms with E-state index in [9.17, 15) is 9.18 Å². The van der Waals surface area contributed by atoms with Crippen molar-refractivity contribution in [1.82, 2.24) is 4.98 Å². The van der Waals surface area contributed by atoms with Gasteiger partial charge in [0.15, 0.2) is 5.13 Å². The highest BCUT2D eigenvalue weighted by Crippen LogP contribution is 2.24. The van der Waals surface area contributed by atoms with E-state index in [1.807, 2.05) is 18.4 Å². The number of rotatable bonds is 5. The molecule has 6 heteroatoms. The summed E-state index contributed by atoms with van der Waals surface area (Å²) in [6, 6.07) is 5.10. The Kier molecular flexibility index (Phi) is 4.90. The van der Waals surface area contributed by atoms with Gasteiger partial charge >= 0.3 is 5.97 Å². The lowest BCUT2D eigenvalue weighted by Crippen LogP contribution is -2.08. The van der Waals surface area contributed by atoms with Gasteiger partial charge in [-0.1, -0.05) is 12.1 Å². The number of thiazole rings is 1. The third-order valence-electron chi connectivity index (χ3n) is 3.14. The van der Waals surface area contributed by atoms with Gasteiger partial charge in [-0.2, -0.15) is 0 Å². The van der Waals surface area contributed by atoms with Crippen molar-refractivity contribution >= 4 is 22.4 Å². The molecule has 0 aliphatic carbocycles. The van der Waals surface area contributed by atoms with Gasteiger partial charge in [-0.05, 0) is 31.0 Å². The first kappa shape index (κ1) is 15.4. The minimum Gasteiger partial charge on any atom is -0.469 e. The third kappa shape index (κ3) is 4.01. The second kappa shape index (κ2) is 6.67. The van der Waals surface area contributed by atoms with Gasteiger partial charge in [0.1, 0.15) is 5.82 Å². The van der Waals surface area contributed by atoms with Gasteiger partial charge in [-0.25, -0.2) is 9.37 Å². The molecule has 0 bridgehead atoms. The van der Waals surface area contributed by atoms with Crippen LogP contribution in [0.5, 0.6) is 0 Å². The highest BCUT2D eigenvalue weighted by atomic mass is 32.1. The van der Waals surface area contributed by atoms with E-state index in [0.29, 0.717) is 16.4 Å². The first-order chi connectivity index (χ1) is 9.99. The number of anilines is 1. The summed E-state index contributed by atoms with van der Waals surface area (Å²) in [4.78, 5) is 15.5. The Morgan fingerprint density at radius 1 is 1.52 bits per heavy atom. The zero-order chi connectivity index (χ0) is 15.4. The molecule has 1 aromatic carbocycles. The minimum absolute atomic E-state index is 0.0720. The zero-order valence-corrected chi connectivity index (χ0v) is 13.0. The predicted molar refractivity (Wildman–Crippen MR) is 81.0 cm³/mol. The Labute approximate surface area is 127 Å². The quantitative estimate of drug-likeness (QED) is 0.859. The number of hydrogen-bond acceptors (Lipinski definition) is 5. The molecule has 0 aliphatic rings. The van der Waals surface area contributed by atoms with E-state index in [2.05, 4.69) is 15.0 Å². The summed E-state index contributed by atoms with van der Waals surface area (Å²) >= 11 is 1.41. The smallest absolute Gasteiger partial charge is 0.311 e. The van der Waals surface area contributed by atoms with Gasteiger partial charge in [-0.3, -0.25) is 4.79 Å². The number of carbonyl (C=O) groups excluding carboxylic acids is 1. The van der Waals surface area contributed by atoms with Crippen molar-refractivity contribution in [2.75, 3.05) is 12.4 Å². The summed E-state index contributed by atoms with van der Waals surface area (Å²) in [5.41, 5.74) is 2.14. The molecule has 0 amide bonds. The van der Waals surface area contributed by atoms with Crippen molar-refractivity contribution in [1.29, 1.82) is 0 Å². The number of halogens is 1. The standard InChI is InChI=1S/C15H17FN2O2S/c1-9-4-5-11(6-13(9)16)10(2)17-15-18-12(8-21-15)7-14(19)20-3/h4-6,8,10H,7H2,1-3H3,(H,17,18). The maximum absolute atomic E-state index is 13.6. The van der Waals surface area contributed by atoms with Crippen LogP contribution in [0, 0.1) is 12.7 Å². The summed E-state index contributed by atoms with van der Waals surface area (Å²) in [5, 5.41) is 5.71. The summed E-state index contributed by atoms with van der Waals surface area (Å²) < 4.78 is 18.2. The van der Waals surface area contributed by atoms with Crippen LogP contribution in [0.25, 0.3) is 0 Å². The Hall–Kier alpha value is -1.95. The maximum Gasteiger partial charge on any atom is 0.311 e. The van der Waals surface area contributed by atoms with E-state index < -0.39 is 0 Å². The number of aryl methyl sites for hydroxylation is 1. The summed E-state index contributed by atoms with van der Waals surface area (Å²) in [5.74, 6) is -0.535. The van der Waals surface area contributed by atoms with Crippen molar-refractivity contribution in [3.8, 4) is 0 Å². The topological polar surface area (TPSA) is 51.2 Å². The van der Waals surface area contributed by atoms with Gasteiger partial charge < -0.3 is 10.1 Å². The van der Waals surface area contributed by atoms with Crippen LogP contribution in [0.3, 0.4) is 0 Å². The first-order valence-electron chi connectivity index (χ1n) is 6.53. The highest BCUT2D eigenvalue weighted by molar-refractivity contribution is 7.13. The maximum atomic E-state index is 13.6.